The van der Waals surface area contributed by atoms with Crippen LogP contribution in [0.5, 0.6) is 0 Å². The molecule has 1 aromatic heterocycles. The van der Waals surface area contributed by atoms with Crippen molar-refractivity contribution < 1.29 is 32.2 Å². The molecule has 1 N–H and O–H groups in total. The van der Waals surface area contributed by atoms with E-state index in [1.165, 1.54) is 19.2 Å². The van der Waals surface area contributed by atoms with Crippen LogP contribution in [0.15, 0.2) is 52.2 Å². The molecule has 0 spiro atoms. The zero-order valence-electron chi connectivity index (χ0n) is 22.0. The highest BCUT2D eigenvalue weighted by molar-refractivity contribution is 7.09. The van der Waals surface area contributed by atoms with Crippen LogP contribution in [-0.2, 0) is 31.7 Å². The molecule has 10 heteroatoms. The van der Waals surface area contributed by atoms with E-state index in [0.717, 1.165) is 54.9 Å². The van der Waals surface area contributed by atoms with Gasteiger partial charge >= 0.3 is 18.1 Å². The summed E-state index contributed by atoms with van der Waals surface area (Å²) in [5, 5.41) is 6.18. The van der Waals surface area contributed by atoms with E-state index < -0.39 is 29.6 Å². The van der Waals surface area contributed by atoms with Crippen LogP contribution in [0, 0.1) is 6.92 Å². The number of nitrogens with one attached hydrogen (secondary N) is 1. The summed E-state index contributed by atoms with van der Waals surface area (Å²) in [6.45, 7) is 5.41. The Morgan fingerprint density at radius 1 is 1.00 bits per heavy atom. The number of aromatic nitrogens is 1. The van der Waals surface area contributed by atoms with Crippen molar-refractivity contribution in [1.82, 2.24) is 10.3 Å². The molecular weight excluding hydrogens is 517 g/mol. The Morgan fingerprint density at radius 2 is 1.66 bits per heavy atom. The Kier molecular flexibility index (Phi) is 10.1. The van der Waals surface area contributed by atoms with Crippen molar-refractivity contribution >= 4 is 23.3 Å². The van der Waals surface area contributed by atoms with Crippen LogP contribution < -0.4 is 5.32 Å². The van der Waals surface area contributed by atoms with Crippen molar-refractivity contribution in [2.75, 3.05) is 13.7 Å². The molecule has 6 nitrogen and oxygen atoms in total. The van der Waals surface area contributed by atoms with E-state index in [1.54, 1.807) is 25.2 Å². The summed E-state index contributed by atoms with van der Waals surface area (Å²) in [6.07, 6.45) is 1.01. The Balaban J connectivity index is 1.66. The Morgan fingerprint density at radius 3 is 2.29 bits per heavy atom. The van der Waals surface area contributed by atoms with Crippen LogP contribution in [0.2, 0.25) is 0 Å². The summed E-state index contributed by atoms with van der Waals surface area (Å²) in [6, 6.07) is 4.64. The number of esters is 2. The van der Waals surface area contributed by atoms with Gasteiger partial charge in [-0.25, -0.2) is 14.6 Å². The third-order valence-corrected chi connectivity index (χ3v) is 7.39. The summed E-state index contributed by atoms with van der Waals surface area (Å²) in [5.74, 6) is -2.47. The number of ether oxygens (including phenoxy) is 2. The predicted molar refractivity (Wildman–Crippen MR) is 139 cm³/mol. The molecule has 1 atom stereocenters. The number of dihydropyridines is 1. The van der Waals surface area contributed by atoms with Gasteiger partial charge in [0.05, 0.1) is 41.4 Å². The third-order valence-electron chi connectivity index (χ3n) is 6.37. The molecule has 1 unspecified atom stereocenters. The molecule has 1 aliphatic rings. The van der Waals surface area contributed by atoms with E-state index in [1.807, 2.05) is 12.3 Å². The normalized spacial score (nSPS) is 15.9. The quantitative estimate of drug-likeness (QED) is 0.251. The molecular formula is C28H33F3N2O4S. The number of hydrogen-bond donors (Lipinski definition) is 1. The molecule has 1 aliphatic heterocycles. The number of rotatable bonds is 11. The smallest absolute Gasteiger partial charge is 0.416 e. The van der Waals surface area contributed by atoms with Gasteiger partial charge in [0.25, 0.3) is 0 Å². The monoisotopic (exact) mass is 550 g/mol. The van der Waals surface area contributed by atoms with Crippen molar-refractivity contribution in [3.8, 4) is 0 Å². The molecule has 206 valence electrons. The van der Waals surface area contributed by atoms with Crippen LogP contribution in [0.1, 0.15) is 73.7 Å². The number of carbonyl (C=O) groups excluding carboxylic acids is 2. The van der Waals surface area contributed by atoms with Gasteiger partial charge in [0.15, 0.2) is 0 Å². The van der Waals surface area contributed by atoms with Crippen LogP contribution in [-0.4, -0.2) is 30.6 Å². The maximum Gasteiger partial charge on any atom is 0.416 e. The van der Waals surface area contributed by atoms with Crippen molar-refractivity contribution in [2.45, 2.75) is 71.4 Å². The SMILES string of the molecule is COC(=O)C1=C(C)NC(C)=C(C(=O)OCCCCCCCc2nc(C)cs2)C1c1cccc(C(F)(F)F)c1. The topological polar surface area (TPSA) is 77.5 Å². The molecule has 0 fully saturated rings. The molecule has 0 saturated carbocycles. The third kappa shape index (κ3) is 7.46. The molecule has 38 heavy (non-hydrogen) atoms. The number of halogens is 3. The van der Waals surface area contributed by atoms with Crippen LogP contribution in [0.3, 0.4) is 0 Å². The summed E-state index contributed by atoms with van der Waals surface area (Å²) >= 11 is 1.68. The summed E-state index contributed by atoms with van der Waals surface area (Å²) in [7, 11) is 1.19. The standard InChI is InChI=1S/C28H33F3N2O4S/c1-17-16-38-22(32-17)13-8-6-5-7-9-14-37-27(35)24-19(3)33-18(2)23(26(34)36-4)25(24)20-11-10-12-21(15-20)28(29,30)31/h10-12,15-16,25,33H,5-9,13-14H2,1-4H3. The number of benzene rings is 1. The van der Waals surface area contributed by atoms with Gasteiger partial charge in [-0.1, -0.05) is 37.5 Å². The van der Waals surface area contributed by atoms with E-state index in [-0.39, 0.29) is 23.3 Å². The van der Waals surface area contributed by atoms with Crippen molar-refractivity contribution in [2.24, 2.45) is 0 Å². The number of aryl methyl sites for hydroxylation is 2. The van der Waals surface area contributed by atoms with Crippen LogP contribution in [0.25, 0.3) is 0 Å². The number of methoxy groups -OCH3 is 1. The fraction of sp³-hybridized carbons (Fsp3) is 0.464. The zero-order chi connectivity index (χ0) is 27.9. The van der Waals surface area contributed by atoms with Gasteiger partial charge in [-0.3, -0.25) is 0 Å². The van der Waals surface area contributed by atoms with Crippen LogP contribution in [0.4, 0.5) is 13.2 Å². The fourth-order valence-electron chi connectivity index (χ4n) is 4.54. The maximum atomic E-state index is 13.4. The van der Waals surface area contributed by atoms with Crippen molar-refractivity contribution in [1.29, 1.82) is 0 Å². The van der Waals surface area contributed by atoms with E-state index in [4.69, 9.17) is 9.47 Å². The highest BCUT2D eigenvalue weighted by Crippen LogP contribution is 2.41. The first kappa shape index (κ1) is 29.4. The van der Waals surface area contributed by atoms with Gasteiger partial charge in [-0.15, -0.1) is 11.3 Å². The first-order valence-electron chi connectivity index (χ1n) is 12.5. The second-order valence-corrected chi connectivity index (χ2v) is 10.2. The largest absolute Gasteiger partial charge is 0.466 e. The van der Waals surface area contributed by atoms with Gasteiger partial charge in [0.2, 0.25) is 0 Å². The summed E-state index contributed by atoms with van der Waals surface area (Å²) in [4.78, 5) is 30.3. The molecule has 1 aromatic carbocycles. The van der Waals surface area contributed by atoms with Gasteiger partial charge < -0.3 is 14.8 Å². The van der Waals surface area contributed by atoms with E-state index in [0.29, 0.717) is 17.8 Å². The molecule has 0 radical (unpaired) electrons. The first-order chi connectivity index (χ1) is 18.0. The Bertz CT molecular complexity index is 1220. The molecule has 0 aliphatic carbocycles. The zero-order valence-corrected chi connectivity index (χ0v) is 22.9. The second kappa shape index (κ2) is 13.1. The Labute approximate surface area is 224 Å². The highest BCUT2D eigenvalue weighted by Gasteiger charge is 2.39. The molecule has 0 saturated heterocycles. The number of hydrogen-bond acceptors (Lipinski definition) is 7. The molecule has 2 aromatic rings. The van der Waals surface area contributed by atoms with Crippen molar-refractivity contribution in [3.63, 3.8) is 0 Å². The average Bonchev–Trinajstić information content (AvgIpc) is 3.29. The molecule has 2 heterocycles. The number of alkyl halides is 3. The second-order valence-electron chi connectivity index (χ2n) is 9.29. The molecule has 3 rings (SSSR count). The lowest BCUT2D eigenvalue weighted by Gasteiger charge is -2.30. The number of carbonyl (C=O) groups is 2. The summed E-state index contributed by atoms with van der Waals surface area (Å²) in [5.41, 5.74) is 1.31. The van der Waals surface area contributed by atoms with Crippen molar-refractivity contribution in [3.05, 3.63) is 74.0 Å². The number of thiazole rings is 1. The van der Waals surface area contributed by atoms with E-state index in [2.05, 4.69) is 10.3 Å². The van der Waals surface area contributed by atoms with E-state index in [9.17, 15) is 22.8 Å². The predicted octanol–water partition coefficient (Wildman–Crippen LogP) is 6.61. The number of allylic oxidation sites excluding steroid dienone is 2. The first-order valence-corrected chi connectivity index (χ1v) is 13.4. The number of unbranched alkanes of at least 4 members (excludes halogenated alkanes) is 4. The minimum absolute atomic E-state index is 0.0693. The Hall–Kier alpha value is -3.14. The highest BCUT2D eigenvalue weighted by atomic mass is 32.1. The molecule has 0 bridgehead atoms. The minimum atomic E-state index is -4.58. The van der Waals surface area contributed by atoms with Gasteiger partial charge in [-0.05, 0) is 51.7 Å². The van der Waals surface area contributed by atoms with Gasteiger partial charge in [-0.2, -0.15) is 13.2 Å². The van der Waals surface area contributed by atoms with Gasteiger partial charge in [0.1, 0.15) is 0 Å². The lowest BCUT2D eigenvalue weighted by Crippen LogP contribution is -2.32. The lowest BCUT2D eigenvalue weighted by molar-refractivity contribution is -0.139. The minimum Gasteiger partial charge on any atom is -0.466 e. The van der Waals surface area contributed by atoms with Crippen LogP contribution >= 0.6 is 11.3 Å². The summed E-state index contributed by atoms with van der Waals surface area (Å²) < 4.78 is 50.8. The average molecular weight is 551 g/mol. The van der Waals surface area contributed by atoms with E-state index >= 15 is 0 Å². The fourth-order valence-corrected chi connectivity index (χ4v) is 5.36. The molecule has 0 amide bonds. The van der Waals surface area contributed by atoms with Gasteiger partial charge in [0, 0.05) is 22.5 Å². The lowest BCUT2D eigenvalue weighted by atomic mass is 9.80. The number of nitrogens with zero attached hydrogens (tertiary/aromatic N) is 1. The maximum absolute atomic E-state index is 13.4.